The van der Waals surface area contributed by atoms with E-state index in [2.05, 4.69) is 29.6 Å². The number of nitrogens with zero attached hydrogens (tertiary/aromatic N) is 5. The fourth-order valence-electron chi connectivity index (χ4n) is 5.19. The second kappa shape index (κ2) is 6.95. The maximum Gasteiger partial charge on any atom is 0.237 e. The Morgan fingerprint density at radius 3 is 3.10 bits per heavy atom. The molecular weight excluding hydrogens is 403 g/mol. The van der Waals surface area contributed by atoms with Gasteiger partial charge in [-0.25, -0.2) is 4.39 Å². The van der Waals surface area contributed by atoms with Crippen LogP contribution in [0.1, 0.15) is 40.7 Å². The van der Waals surface area contributed by atoms with E-state index in [1.807, 2.05) is 6.07 Å². The summed E-state index contributed by atoms with van der Waals surface area (Å²) in [6.07, 6.45) is 3.62. The number of hydrogen-bond acceptors (Lipinski definition) is 6. The van der Waals surface area contributed by atoms with Gasteiger partial charge in [-0.3, -0.25) is 14.8 Å². The summed E-state index contributed by atoms with van der Waals surface area (Å²) < 4.78 is 18.4. The lowest BCUT2D eigenvalue weighted by molar-refractivity contribution is -0.136. The van der Waals surface area contributed by atoms with Gasteiger partial charge in [0, 0.05) is 48.8 Å². The van der Waals surface area contributed by atoms with Crippen molar-refractivity contribution >= 4 is 17.4 Å². The second-order valence-corrected chi connectivity index (χ2v) is 9.09. The van der Waals surface area contributed by atoms with E-state index in [1.54, 1.807) is 12.1 Å². The molecule has 1 fully saturated rings. The van der Waals surface area contributed by atoms with Crippen LogP contribution in [0.25, 0.3) is 11.3 Å². The number of amides is 1. The first kappa shape index (κ1) is 18.1. The van der Waals surface area contributed by atoms with E-state index in [1.165, 1.54) is 17.6 Å². The summed E-state index contributed by atoms with van der Waals surface area (Å²) in [5, 5.41) is 11.7. The van der Waals surface area contributed by atoms with E-state index in [-0.39, 0.29) is 23.8 Å². The predicted octanol–water partition coefficient (Wildman–Crippen LogP) is 2.71. The van der Waals surface area contributed by atoms with Crippen LogP contribution in [-0.4, -0.2) is 54.6 Å². The number of hydrogen-bond donors (Lipinski definition) is 1. The molecule has 154 valence electrons. The van der Waals surface area contributed by atoms with Crippen molar-refractivity contribution in [2.24, 2.45) is 0 Å². The van der Waals surface area contributed by atoms with Crippen LogP contribution in [0.3, 0.4) is 0 Å². The highest BCUT2D eigenvalue weighted by Gasteiger charge is 2.44. The fourth-order valence-corrected chi connectivity index (χ4v) is 6.00. The lowest BCUT2D eigenvalue weighted by Gasteiger charge is -2.36. The lowest BCUT2D eigenvalue weighted by atomic mass is 10.0. The number of H-pyrrole nitrogens is 1. The zero-order chi connectivity index (χ0) is 20.2. The molecule has 3 aliphatic rings. The van der Waals surface area contributed by atoms with Crippen LogP contribution in [0.4, 0.5) is 4.39 Å². The van der Waals surface area contributed by atoms with Crippen molar-refractivity contribution in [3.63, 3.8) is 0 Å². The first-order valence-corrected chi connectivity index (χ1v) is 11.1. The molecule has 7 nitrogen and oxygen atoms in total. The zero-order valence-electron chi connectivity index (χ0n) is 16.3. The Labute approximate surface area is 177 Å². The van der Waals surface area contributed by atoms with E-state index < -0.39 is 0 Å². The summed E-state index contributed by atoms with van der Waals surface area (Å²) >= 11 is 1.43. The number of carbonyl (C=O) groups is 1. The summed E-state index contributed by atoms with van der Waals surface area (Å²) in [5.41, 5.74) is 4.26. The van der Waals surface area contributed by atoms with Crippen LogP contribution in [0.2, 0.25) is 0 Å². The van der Waals surface area contributed by atoms with Gasteiger partial charge in [0.05, 0.1) is 28.9 Å². The van der Waals surface area contributed by atoms with Gasteiger partial charge in [0.2, 0.25) is 5.91 Å². The molecule has 1 saturated heterocycles. The number of nitrogens with one attached hydrogen (secondary N) is 1. The van der Waals surface area contributed by atoms with Gasteiger partial charge in [0.15, 0.2) is 0 Å². The maximum absolute atomic E-state index is 14.3. The largest absolute Gasteiger partial charge is 0.330 e. The average molecular weight is 425 g/mol. The first-order chi connectivity index (χ1) is 14.7. The van der Waals surface area contributed by atoms with Gasteiger partial charge in [0.1, 0.15) is 5.82 Å². The number of benzene rings is 1. The van der Waals surface area contributed by atoms with Crippen molar-refractivity contribution < 1.29 is 9.18 Å². The maximum atomic E-state index is 14.3. The summed E-state index contributed by atoms with van der Waals surface area (Å²) in [6, 6.07) is 7.08. The van der Waals surface area contributed by atoms with Crippen LogP contribution in [0, 0.1) is 5.82 Å². The van der Waals surface area contributed by atoms with Gasteiger partial charge in [-0.15, -0.1) is 5.10 Å². The molecule has 0 spiro atoms. The molecule has 9 heteroatoms. The van der Waals surface area contributed by atoms with Crippen molar-refractivity contribution in [3.8, 4) is 11.3 Å². The molecular formula is C21H21FN6OS. The van der Waals surface area contributed by atoms with Crippen molar-refractivity contribution in [2.75, 3.05) is 13.1 Å². The standard InChI is InChI=1S/C21H21FN6OS/c22-15-4-2-1-3-13(15)20-14-10-27(8-7-16(14)23-25-20)11-19(29)28-12-5-6-18(28)21-17(9-12)24-26-30-21/h1-4,12,18H,5-11H2,(H,23,25)/t12-,18-/m1/s1. The van der Waals surface area contributed by atoms with E-state index in [4.69, 9.17) is 0 Å². The molecule has 2 atom stereocenters. The molecule has 0 radical (unpaired) electrons. The molecule has 2 bridgehead atoms. The third-order valence-electron chi connectivity index (χ3n) is 6.61. The zero-order valence-corrected chi connectivity index (χ0v) is 17.2. The van der Waals surface area contributed by atoms with Crippen LogP contribution in [-0.2, 0) is 24.2 Å². The SMILES string of the molecule is O=C(CN1CCc2[nH]nc(-c3ccccc3F)c2C1)N1[C@@H]2CC[C@@H]1c1snnc1C2. The normalized spacial score (nSPS) is 22.8. The van der Waals surface area contributed by atoms with Gasteiger partial charge >= 0.3 is 0 Å². The summed E-state index contributed by atoms with van der Waals surface area (Å²) in [5.74, 6) is -0.111. The Morgan fingerprint density at radius 1 is 1.30 bits per heavy atom. The number of rotatable bonds is 3. The second-order valence-electron chi connectivity index (χ2n) is 8.31. The van der Waals surface area contributed by atoms with Crippen molar-refractivity contribution in [1.82, 2.24) is 29.6 Å². The van der Waals surface area contributed by atoms with Crippen molar-refractivity contribution in [2.45, 2.75) is 44.3 Å². The Morgan fingerprint density at radius 2 is 2.20 bits per heavy atom. The molecule has 3 aromatic rings. The summed E-state index contributed by atoms with van der Waals surface area (Å²) in [6.45, 7) is 1.75. The van der Waals surface area contributed by atoms with E-state index in [0.29, 0.717) is 24.3 Å². The number of aromatic nitrogens is 4. The summed E-state index contributed by atoms with van der Waals surface area (Å²) in [7, 11) is 0. The molecule has 6 rings (SSSR count). The number of halogens is 1. The molecule has 0 saturated carbocycles. The highest BCUT2D eigenvalue weighted by atomic mass is 32.1. The van der Waals surface area contributed by atoms with E-state index >= 15 is 0 Å². The molecule has 2 aromatic heterocycles. The fraction of sp³-hybridized carbons (Fsp3) is 0.429. The molecule has 30 heavy (non-hydrogen) atoms. The third-order valence-corrected chi connectivity index (χ3v) is 7.48. The van der Waals surface area contributed by atoms with Crippen LogP contribution in [0.15, 0.2) is 24.3 Å². The molecule has 0 aliphatic carbocycles. The van der Waals surface area contributed by atoms with Gasteiger partial charge in [-0.05, 0) is 36.5 Å². The van der Waals surface area contributed by atoms with Crippen LogP contribution < -0.4 is 0 Å². The quantitative estimate of drug-likeness (QED) is 0.700. The highest BCUT2D eigenvalue weighted by Crippen LogP contribution is 2.44. The Kier molecular flexibility index (Phi) is 4.21. The third kappa shape index (κ3) is 2.79. The molecule has 3 aliphatic heterocycles. The smallest absolute Gasteiger partial charge is 0.237 e. The average Bonchev–Trinajstić information content (AvgIpc) is 3.46. The molecule has 1 aromatic carbocycles. The highest BCUT2D eigenvalue weighted by molar-refractivity contribution is 7.05. The van der Waals surface area contributed by atoms with E-state index in [9.17, 15) is 9.18 Å². The van der Waals surface area contributed by atoms with Gasteiger partial charge < -0.3 is 4.90 Å². The lowest BCUT2D eigenvalue weighted by Crippen LogP contribution is -2.47. The van der Waals surface area contributed by atoms with Crippen LogP contribution in [0.5, 0.6) is 0 Å². The number of carbonyl (C=O) groups excluding carboxylic acids is 1. The Balaban J connectivity index is 1.22. The molecule has 0 unspecified atom stereocenters. The Hall–Kier alpha value is -2.65. The molecule has 5 heterocycles. The van der Waals surface area contributed by atoms with Crippen molar-refractivity contribution in [1.29, 1.82) is 0 Å². The minimum atomic E-state index is -0.279. The minimum absolute atomic E-state index is 0.134. The van der Waals surface area contributed by atoms with Gasteiger partial charge in [-0.1, -0.05) is 16.6 Å². The molecule has 1 amide bonds. The first-order valence-electron chi connectivity index (χ1n) is 10.3. The van der Waals surface area contributed by atoms with Gasteiger partial charge in [0.25, 0.3) is 0 Å². The predicted molar refractivity (Wildman–Crippen MR) is 109 cm³/mol. The molecule has 1 N–H and O–H groups in total. The summed E-state index contributed by atoms with van der Waals surface area (Å²) in [4.78, 5) is 18.7. The van der Waals surface area contributed by atoms with Gasteiger partial charge in [-0.2, -0.15) is 5.10 Å². The van der Waals surface area contributed by atoms with Crippen molar-refractivity contribution in [3.05, 3.63) is 51.9 Å². The van der Waals surface area contributed by atoms with Crippen LogP contribution >= 0.6 is 11.5 Å². The monoisotopic (exact) mass is 424 g/mol. The number of fused-ring (bicyclic) bond motifs is 5. The van der Waals surface area contributed by atoms with E-state index in [0.717, 1.165) is 54.1 Å². The Bertz CT molecular complexity index is 1130. The topological polar surface area (TPSA) is 78.0 Å². The number of aromatic amines is 1. The minimum Gasteiger partial charge on any atom is -0.330 e.